The van der Waals surface area contributed by atoms with Crippen molar-refractivity contribution in [3.8, 4) is 11.6 Å². The van der Waals surface area contributed by atoms with Gasteiger partial charge in [0, 0.05) is 35.2 Å². The van der Waals surface area contributed by atoms with Gasteiger partial charge in [-0.05, 0) is 47.2 Å². The number of nitrogens with zero attached hydrogens (tertiary/aromatic N) is 2. The van der Waals surface area contributed by atoms with Crippen molar-refractivity contribution in [3.05, 3.63) is 84.8 Å². The van der Waals surface area contributed by atoms with Gasteiger partial charge in [-0.1, -0.05) is 45.0 Å². The molecular formula is C25H24N4O2. The number of rotatable bonds is 4. The lowest BCUT2D eigenvalue weighted by atomic mass is 9.86. The van der Waals surface area contributed by atoms with Crippen LogP contribution in [0, 0.1) is 0 Å². The number of amides is 2. The number of anilines is 2. The molecule has 0 aliphatic carbocycles. The Morgan fingerprint density at radius 1 is 0.903 bits per heavy atom. The molecule has 0 spiro atoms. The first kappa shape index (κ1) is 20.3. The van der Waals surface area contributed by atoms with E-state index < -0.39 is 0 Å². The highest BCUT2D eigenvalue weighted by atomic mass is 16.5. The molecule has 0 unspecified atom stereocenters. The lowest BCUT2D eigenvalue weighted by Gasteiger charge is -2.22. The summed E-state index contributed by atoms with van der Waals surface area (Å²) in [5.74, 6) is 1.04. The Bertz CT molecular complexity index is 1230. The maximum Gasteiger partial charge on any atom is 0.323 e. The van der Waals surface area contributed by atoms with E-state index in [4.69, 9.17) is 4.74 Å². The van der Waals surface area contributed by atoms with Crippen LogP contribution in [0.15, 0.2) is 79.3 Å². The van der Waals surface area contributed by atoms with E-state index in [9.17, 15) is 4.79 Å². The van der Waals surface area contributed by atoms with Gasteiger partial charge in [-0.2, -0.15) is 0 Å². The van der Waals surface area contributed by atoms with E-state index in [1.807, 2.05) is 48.5 Å². The Kier molecular flexibility index (Phi) is 5.54. The molecule has 4 rings (SSSR count). The molecule has 2 aromatic carbocycles. The van der Waals surface area contributed by atoms with Crippen LogP contribution in [0.4, 0.5) is 16.2 Å². The fourth-order valence-electron chi connectivity index (χ4n) is 3.29. The molecule has 2 heterocycles. The van der Waals surface area contributed by atoms with Crippen molar-refractivity contribution in [2.45, 2.75) is 26.2 Å². The highest BCUT2D eigenvalue weighted by Gasteiger charge is 2.20. The minimum absolute atomic E-state index is 0.0960. The van der Waals surface area contributed by atoms with Crippen molar-refractivity contribution >= 4 is 28.2 Å². The van der Waals surface area contributed by atoms with Gasteiger partial charge >= 0.3 is 6.03 Å². The van der Waals surface area contributed by atoms with Crippen molar-refractivity contribution in [1.82, 2.24) is 9.97 Å². The van der Waals surface area contributed by atoms with Crippen LogP contribution in [0.5, 0.6) is 11.6 Å². The summed E-state index contributed by atoms with van der Waals surface area (Å²) in [5, 5.41) is 7.69. The third kappa shape index (κ3) is 4.80. The number of carbonyl (C=O) groups excluding carboxylic acids is 1. The number of hydrogen-bond donors (Lipinski definition) is 2. The van der Waals surface area contributed by atoms with Gasteiger partial charge in [0.05, 0.1) is 0 Å². The fourth-order valence-corrected chi connectivity index (χ4v) is 3.29. The Morgan fingerprint density at radius 3 is 2.58 bits per heavy atom. The molecule has 6 nitrogen and oxygen atoms in total. The van der Waals surface area contributed by atoms with E-state index in [0.29, 0.717) is 23.0 Å². The fraction of sp³-hybridized carbons (Fsp3) is 0.160. The normalized spacial score (nSPS) is 11.2. The molecule has 156 valence electrons. The summed E-state index contributed by atoms with van der Waals surface area (Å²) in [6, 6.07) is 18.6. The molecule has 2 N–H and O–H groups in total. The van der Waals surface area contributed by atoms with Gasteiger partial charge in [-0.3, -0.25) is 4.98 Å². The number of para-hydroxylation sites is 1. The molecule has 31 heavy (non-hydrogen) atoms. The van der Waals surface area contributed by atoms with Crippen LogP contribution in [0.1, 0.15) is 26.3 Å². The van der Waals surface area contributed by atoms with Gasteiger partial charge in [-0.25, -0.2) is 9.78 Å². The molecule has 0 radical (unpaired) electrons. The second-order valence-corrected chi connectivity index (χ2v) is 8.22. The van der Waals surface area contributed by atoms with E-state index in [1.165, 1.54) is 0 Å². The summed E-state index contributed by atoms with van der Waals surface area (Å²) >= 11 is 0. The number of pyridine rings is 2. The molecule has 0 saturated carbocycles. The Morgan fingerprint density at radius 2 is 1.74 bits per heavy atom. The zero-order valence-corrected chi connectivity index (χ0v) is 17.7. The van der Waals surface area contributed by atoms with E-state index in [0.717, 1.165) is 16.3 Å². The predicted molar refractivity (Wildman–Crippen MR) is 124 cm³/mol. The van der Waals surface area contributed by atoms with Crippen LogP contribution in [-0.4, -0.2) is 16.0 Å². The van der Waals surface area contributed by atoms with Crippen LogP contribution in [0.2, 0.25) is 0 Å². The summed E-state index contributed by atoms with van der Waals surface area (Å²) in [5.41, 5.74) is 2.11. The van der Waals surface area contributed by atoms with E-state index in [2.05, 4.69) is 41.4 Å². The second-order valence-electron chi connectivity index (χ2n) is 8.22. The molecule has 0 saturated heterocycles. The molecule has 0 fully saturated rings. The number of urea groups is 1. The number of fused-ring (bicyclic) bond motifs is 1. The number of benzene rings is 2. The van der Waals surface area contributed by atoms with Crippen molar-refractivity contribution in [2.24, 2.45) is 0 Å². The molecule has 0 bridgehead atoms. The van der Waals surface area contributed by atoms with Gasteiger partial charge in [0.25, 0.3) is 0 Å². The maximum absolute atomic E-state index is 12.6. The highest BCUT2D eigenvalue weighted by Crippen LogP contribution is 2.35. The van der Waals surface area contributed by atoms with Crippen LogP contribution in [0.3, 0.4) is 0 Å². The minimum atomic E-state index is -0.384. The second kappa shape index (κ2) is 8.44. The molecule has 2 aromatic heterocycles. The Balaban J connectivity index is 1.53. The van der Waals surface area contributed by atoms with Crippen LogP contribution in [-0.2, 0) is 5.41 Å². The van der Waals surface area contributed by atoms with E-state index in [-0.39, 0.29) is 11.4 Å². The van der Waals surface area contributed by atoms with Gasteiger partial charge in [0.15, 0.2) is 0 Å². The topological polar surface area (TPSA) is 76.1 Å². The minimum Gasteiger partial charge on any atom is -0.437 e. The van der Waals surface area contributed by atoms with Crippen molar-refractivity contribution in [2.75, 3.05) is 10.6 Å². The lowest BCUT2D eigenvalue weighted by Crippen LogP contribution is -2.20. The SMILES string of the molecule is CC(C)(C)c1ccccc1Oc1ncccc1NC(=O)Nc1ccc2ccncc2c1. The first-order chi connectivity index (χ1) is 14.9. The summed E-state index contributed by atoms with van der Waals surface area (Å²) in [6.45, 7) is 6.37. The third-order valence-electron chi connectivity index (χ3n) is 4.82. The van der Waals surface area contributed by atoms with Crippen molar-refractivity contribution < 1.29 is 9.53 Å². The summed E-state index contributed by atoms with van der Waals surface area (Å²) in [6.07, 6.45) is 5.14. The number of nitrogens with one attached hydrogen (secondary N) is 2. The van der Waals surface area contributed by atoms with Crippen LogP contribution >= 0.6 is 0 Å². The summed E-state index contributed by atoms with van der Waals surface area (Å²) < 4.78 is 6.11. The monoisotopic (exact) mass is 412 g/mol. The van der Waals surface area contributed by atoms with Gasteiger partial charge in [0.2, 0.25) is 5.88 Å². The molecular weight excluding hydrogens is 388 g/mol. The predicted octanol–water partition coefficient (Wildman–Crippen LogP) is 6.36. The summed E-state index contributed by atoms with van der Waals surface area (Å²) in [4.78, 5) is 21.1. The number of carbonyl (C=O) groups is 1. The molecule has 0 aliphatic rings. The van der Waals surface area contributed by atoms with Crippen LogP contribution in [0.25, 0.3) is 10.8 Å². The first-order valence-corrected chi connectivity index (χ1v) is 10.0. The van der Waals surface area contributed by atoms with Crippen LogP contribution < -0.4 is 15.4 Å². The summed E-state index contributed by atoms with van der Waals surface area (Å²) in [7, 11) is 0. The molecule has 0 aliphatic heterocycles. The standard InChI is InChI=1S/C25H24N4O2/c1-25(2,3)20-7-4-5-9-22(20)31-23-21(8-6-13-27-23)29-24(30)28-19-11-10-17-12-14-26-16-18(17)15-19/h4-16H,1-3H3,(H2,28,29,30). The molecule has 6 heteroatoms. The Hall–Kier alpha value is -3.93. The van der Waals surface area contributed by atoms with E-state index in [1.54, 1.807) is 30.7 Å². The van der Waals surface area contributed by atoms with Gasteiger partial charge in [0.1, 0.15) is 11.4 Å². The Labute approximate surface area is 181 Å². The third-order valence-corrected chi connectivity index (χ3v) is 4.82. The average molecular weight is 412 g/mol. The smallest absolute Gasteiger partial charge is 0.323 e. The highest BCUT2D eigenvalue weighted by molar-refractivity contribution is 6.01. The number of hydrogen-bond acceptors (Lipinski definition) is 4. The number of aromatic nitrogens is 2. The molecule has 4 aromatic rings. The van der Waals surface area contributed by atoms with Crippen molar-refractivity contribution in [3.63, 3.8) is 0 Å². The zero-order valence-electron chi connectivity index (χ0n) is 17.7. The zero-order chi connectivity index (χ0) is 21.8. The largest absolute Gasteiger partial charge is 0.437 e. The first-order valence-electron chi connectivity index (χ1n) is 10.0. The van der Waals surface area contributed by atoms with Crippen molar-refractivity contribution in [1.29, 1.82) is 0 Å². The molecule has 0 atom stereocenters. The van der Waals surface area contributed by atoms with E-state index >= 15 is 0 Å². The van der Waals surface area contributed by atoms with Gasteiger partial charge < -0.3 is 15.4 Å². The quantitative estimate of drug-likeness (QED) is 0.409. The van der Waals surface area contributed by atoms with Gasteiger partial charge in [-0.15, -0.1) is 0 Å². The maximum atomic E-state index is 12.6. The number of ether oxygens (including phenoxy) is 1. The average Bonchev–Trinajstić information content (AvgIpc) is 2.74. The molecule has 2 amide bonds. The lowest BCUT2D eigenvalue weighted by molar-refractivity contribution is 0.262.